The SMILES string of the molecule is COc1cc(C(=O)NCCS(C)(=O)=O)ccc1Nc1nc2ccc(-c3cccc(C(=O)NCC(F)(F)F)c3)cn2n1. The second-order valence-electron chi connectivity index (χ2n) is 8.96. The van der Waals surface area contributed by atoms with Gasteiger partial charge in [-0.15, -0.1) is 5.10 Å². The molecule has 41 heavy (non-hydrogen) atoms. The van der Waals surface area contributed by atoms with E-state index in [0.717, 1.165) is 6.26 Å². The fourth-order valence-electron chi connectivity index (χ4n) is 3.74. The van der Waals surface area contributed by atoms with Gasteiger partial charge in [0, 0.05) is 35.7 Å². The quantitative estimate of drug-likeness (QED) is 0.256. The Kier molecular flexibility index (Phi) is 8.47. The normalized spacial score (nSPS) is 11.7. The minimum absolute atomic E-state index is 0.0251. The number of amides is 2. The van der Waals surface area contributed by atoms with E-state index in [-0.39, 0.29) is 29.4 Å². The van der Waals surface area contributed by atoms with Gasteiger partial charge >= 0.3 is 6.18 Å². The fourth-order valence-corrected chi connectivity index (χ4v) is 4.21. The Hall–Kier alpha value is -4.66. The number of carbonyl (C=O) groups is 2. The van der Waals surface area contributed by atoms with Crippen LogP contribution in [-0.4, -0.2) is 73.2 Å². The highest BCUT2D eigenvalue weighted by atomic mass is 32.2. The highest BCUT2D eigenvalue weighted by molar-refractivity contribution is 7.90. The molecule has 2 aromatic heterocycles. The van der Waals surface area contributed by atoms with Gasteiger partial charge in [0.05, 0.1) is 18.6 Å². The Morgan fingerprint density at radius 3 is 2.41 bits per heavy atom. The van der Waals surface area contributed by atoms with Crippen molar-refractivity contribution in [1.82, 2.24) is 25.2 Å². The molecule has 216 valence electrons. The molecule has 3 N–H and O–H groups in total. The molecule has 0 aliphatic heterocycles. The fraction of sp³-hybridized carbons (Fsp3) is 0.231. The van der Waals surface area contributed by atoms with Crippen LogP contribution in [-0.2, 0) is 9.84 Å². The van der Waals surface area contributed by atoms with E-state index in [1.807, 2.05) is 5.32 Å². The molecule has 0 aliphatic carbocycles. The predicted molar refractivity (Wildman–Crippen MR) is 145 cm³/mol. The van der Waals surface area contributed by atoms with E-state index < -0.39 is 34.4 Å². The van der Waals surface area contributed by atoms with Crippen LogP contribution in [0.15, 0.2) is 60.8 Å². The molecule has 0 atom stereocenters. The van der Waals surface area contributed by atoms with E-state index in [2.05, 4.69) is 20.7 Å². The topological polar surface area (TPSA) is 144 Å². The van der Waals surface area contributed by atoms with Crippen LogP contribution in [0.5, 0.6) is 5.75 Å². The molecule has 2 heterocycles. The van der Waals surface area contributed by atoms with Crippen molar-refractivity contribution in [3.63, 3.8) is 0 Å². The molecule has 0 radical (unpaired) electrons. The first kappa shape index (κ1) is 29.3. The maximum absolute atomic E-state index is 12.5. The van der Waals surface area contributed by atoms with Gasteiger partial charge in [0.25, 0.3) is 11.8 Å². The second-order valence-corrected chi connectivity index (χ2v) is 11.2. The molecule has 4 rings (SSSR count). The third kappa shape index (κ3) is 7.94. The lowest BCUT2D eigenvalue weighted by atomic mass is 10.0. The molecule has 0 spiro atoms. The zero-order valence-corrected chi connectivity index (χ0v) is 22.6. The Morgan fingerprint density at radius 2 is 1.71 bits per heavy atom. The van der Waals surface area contributed by atoms with Gasteiger partial charge < -0.3 is 20.7 Å². The van der Waals surface area contributed by atoms with Crippen molar-refractivity contribution in [2.45, 2.75) is 6.18 Å². The van der Waals surface area contributed by atoms with Gasteiger partial charge in [-0.3, -0.25) is 9.59 Å². The van der Waals surface area contributed by atoms with E-state index in [4.69, 9.17) is 4.74 Å². The number of fused-ring (bicyclic) bond motifs is 1. The van der Waals surface area contributed by atoms with Gasteiger partial charge in [0.15, 0.2) is 5.65 Å². The number of anilines is 2. The van der Waals surface area contributed by atoms with Crippen LogP contribution in [0.2, 0.25) is 0 Å². The number of ether oxygens (including phenoxy) is 1. The molecule has 0 aliphatic rings. The lowest BCUT2D eigenvalue weighted by molar-refractivity contribution is -0.123. The van der Waals surface area contributed by atoms with Crippen molar-refractivity contribution in [3.05, 3.63) is 71.9 Å². The maximum atomic E-state index is 12.5. The highest BCUT2D eigenvalue weighted by Gasteiger charge is 2.28. The molecular weight excluding hydrogens is 565 g/mol. The van der Waals surface area contributed by atoms with Gasteiger partial charge in [0.2, 0.25) is 5.95 Å². The highest BCUT2D eigenvalue weighted by Crippen LogP contribution is 2.28. The van der Waals surface area contributed by atoms with Crippen LogP contribution < -0.4 is 20.7 Å². The molecule has 2 amide bonds. The zero-order valence-electron chi connectivity index (χ0n) is 21.8. The number of nitrogens with one attached hydrogen (secondary N) is 3. The van der Waals surface area contributed by atoms with Gasteiger partial charge in [-0.05, 0) is 48.0 Å². The summed E-state index contributed by atoms with van der Waals surface area (Å²) < 4.78 is 66.8. The van der Waals surface area contributed by atoms with Gasteiger partial charge in [0.1, 0.15) is 22.1 Å². The van der Waals surface area contributed by atoms with Crippen LogP contribution in [0.4, 0.5) is 24.8 Å². The van der Waals surface area contributed by atoms with Crippen LogP contribution in [0.3, 0.4) is 0 Å². The van der Waals surface area contributed by atoms with Crippen LogP contribution in [0, 0.1) is 0 Å². The smallest absolute Gasteiger partial charge is 0.405 e. The lowest BCUT2D eigenvalue weighted by Gasteiger charge is -2.11. The minimum atomic E-state index is -4.51. The number of carbonyl (C=O) groups excluding carboxylic acids is 2. The van der Waals surface area contributed by atoms with Crippen LogP contribution in [0.1, 0.15) is 20.7 Å². The standard InChI is InChI=1S/C26H25F3N6O5S/c1-40-21-13-18(23(36)30-10-11-41(2,38)39)6-8-20(21)32-25-33-22-9-7-19(14-35(22)34-25)16-4-3-5-17(12-16)24(37)31-15-26(27,28)29/h3-9,12-14H,10-11,15H2,1-2H3,(H,30,36)(H,31,37)(H,32,34). The largest absolute Gasteiger partial charge is 0.495 e. The summed E-state index contributed by atoms with van der Waals surface area (Å²) in [5.74, 6) is -0.950. The number of pyridine rings is 1. The third-order valence-electron chi connectivity index (χ3n) is 5.71. The Bertz CT molecular complexity index is 1710. The number of benzene rings is 2. The summed E-state index contributed by atoms with van der Waals surface area (Å²) in [6, 6.07) is 14.2. The summed E-state index contributed by atoms with van der Waals surface area (Å²) in [5, 5.41) is 11.8. The van der Waals surface area contributed by atoms with Crippen molar-refractivity contribution in [2.75, 3.05) is 37.5 Å². The zero-order chi connectivity index (χ0) is 29.8. The number of alkyl halides is 3. The summed E-state index contributed by atoms with van der Waals surface area (Å²) in [6.45, 7) is -1.45. The van der Waals surface area contributed by atoms with Gasteiger partial charge in [-0.2, -0.15) is 18.2 Å². The third-order valence-corrected chi connectivity index (χ3v) is 6.65. The summed E-state index contributed by atoms with van der Waals surface area (Å²) in [5.41, 5.74) is 2.52. The van der Waals surface area contributed by atoms with Crippen molar-refractivity contribution in [1.29, 1.82) is 0 Å². The Balaban J connectivity index is 1.49. The van der Waals surface area contributed by atoms with E-state index in [1.165, 1.54) is 35.9 Å². The number of rotatable bonds is 10. The number of hydrogen-bond acceptors (Lipinski definition) is 8. The Labute approximate surface area is 232 Å². The first-order valence-electron chi connectivity index (χ1n) is 12.0. The molecule has 0 unspecified atom stereocenters. The van der Waals surface area contributed by atoms with Crippen molar-refractivity contribution < 1.29 is 35.9 Å². The second kappa shape index (κ2) is 11.8. The molecule has 0 fully saturated rings. The van der Waals surface area contributed by atoms with Gasteiger partial charge in [-0.1, -0.05) is 12.1 Å². The molecule has 0 saturated heterocycles. The molecule has 4 aromatic rings. The number of methoxy groups -OCH3 is 1. The molecule has 0 saturated carbocycles. The van der Waals surface area contributed by atoms with Crippen molar-refractivity contribution in [3.8, 4) is 16.9 Å². The van der Waals surface area contributed by atoms with E-state index in [9.17, 15) is 31.2 Å². The first-order chi connectivity index (χ1) is 19.3. The van der Waals surface area contributed by atoms with Crippen LogP contribution in [0.25, 0.3) is 16.8 Å². The lowest BCUT2D eigenvalue weighted by Crippen LogP contribution is -2.33. The minimum Gasteiger partial charge on any atom is -0.495 e. The average molecular weight is 591 g/mol. The first-order valence-corrected chi connectivity index (χ1v) is 14.1. The summed E-state index contributed by atoms with van der Waals surface area (Å²) in [4.78, 5) is 29.0. The average Bonchev–Trinajstić information content (AvgIpc) is 3.32. The van der Waals surface area contributed by atoms with Gasteiger partial charge in [-0.25, -0.2) is 12.9 Å². The summed E-state index contributed by atoms with van der Waals surface area (Å²) in [6.07, 6.45) is -1.78. The van der Waals surface area contributed by atoms with Crippen molar-refractivity contribution in [2.24, 2.45) is 0 Å². The summed E-state index contributed by atoms with van der Waals surface area (Å²) >= 11 is 0. The number of hydrogen-bond donors (Lipinski definition) is 3. The number of sulfone groups is 1. The number of nitrogens with zero attached hydrogens (tertiary/aromatic N) is 3. The van der Waals surface area contributed by atoms with Crippen LogP contribution >= 0.6 is 0 Å². The summed E-state index contributed by atoms with van der Waals surface area (Å²) in [7, 11) is -1.79. The maximum Gasteiger partial charge on any atom is 0.405 e. The van der Waals surface area contributed by atoms with Crippen molar-refractivity contribution >= 4 is 38.9 Å². The molecule has 0 bridgehead atoms. The predicted octanol–water partition coefficient (Wildman–Crippen LogP) is 3.22. The monoisotopic (exact) mass is 590 g/mol. The van der Waals surface area contributed by atoms with E-state index in [1.54, 1.807) is 36.5 Å². The van der Waals surface area contributed by atoms with E-state index >= 15 is 0 Å². The number of halogens is 3. The number of aromatic nitrogens is 3. The molecule has 2 aromatic carbocycles. The van der Waals surface area contributed by atoms with E-state index in [0.29, 0.717) is 28.2 Å². The molecule has 15 heteroatoms. The Morgan fingerprint density at radius 1 is 0.976 bits per heavy atom. The molecular formula is C26H25F3N6O5S. The molecule has 11 nitrogen and oxygen atoms in total.